The number of hydrogen-bond acceptors (Lipinski definition) is 8. The van der Waals surface area contributed by atoms with E-state index >= 15 is 0 Å². The summed E-state index contributed by atoms with van der Waals surface area (Å²) >= 11 is 1.23. The Labute approximate surface area is 219 Å². The molecule has 0 spiro atoms. The average molecular weight is 536 g/mol. The normalized spacial score (nSPS) is 11.0. The molecule has 13 heteroatoms. The molecular weight excluding hydrogens is 502 g/mol. The fourth-order valence-electron chi connectivity index (χ4n) is 2.77. The lowest BCUT2D eigenvalue weighted by Gasteiger charge is -2.21. The van der Waals surface area contributed by atoms with Crippen molar-refractivity contribution in [3.8, 4) is 0 Å². The monoisotopic (exact) mass is 535 g/mol. The zero-order valence-corrected chi connectivity index (χ0v) is 21.7. The van der Waals surface area contributed by atoms with Crippen LogP contribution in [-0.2, 0) is 40.1 Å². The molecule has 1 aromatic carbocycles. The number of anilines is 1. The van der Waals surface area contributed by atoms with Crippen LogP contribution in [0.3, 0.4) is 0 Å². The maximum Gasteiger partial charge on any atom is 0.293 e. The van der Waals surface area contributed by atoms with Gasteiger partial charge in [-0.3, -0.25) is 28.8 Å². The van der Waals surface area contributed by atoms with Crippen LogP contribution in [0.4, 0.5) is 5.69 Å². The van der Waals surface area contributed by atoms with Crippen LogP contribution < -0.4 is 26.6 Å². The predicted molar refractivity (Wildman–Crippen MR) is 139 cm³/mol. The van der Waals surface area contributed by atoms with E-state index in [-0.39, 0.29) is 49.7 Å². The number of ether oxygens (including phenoxy) is 1. The number of hydrogen-bond donors (Lipinski definition) is 5. The Morgan fingerprint density at radius 1 is 1.00 bits per heavy atom. The van der Waals surface area contributed by atoms with Crippen molar-refractivity contribution in [2.75, 3.05) is 30.0 Å². The van der Waals surface area contributed by atoms with Crippen LogP contribution in [0.1, 0.15) is 25.8 Å². The smallest absolute Gasteiger partial charge is 0.293 e. The van der Waals surface area contributed by atoms with Gasteiger partial charge < -0.3 is 31.3 Å². The molecule has 0 heterocycles. The molecule has 0 radical (unpaired) electrons. The van der Waals surface area contributed by atoms with Crippen LogP contribution in [0.5, 0.6) is 0 Å². The Bertz CT molecular complexity index is 953. The van der Waals surface area contributed by atoms with E-state index in [1.54, 1.807) is 38.1 Å². The highest BCUT2D eigenvalue weighted by Crippen LogP contribution is 2.10. The number of benzene rings is 1. The van der Waals surface area contributed by atoms with E-state index in [0.717, 1.165) is 11.6 Å². The van der Waals surface area contributed by atoms with Crippen molar-refractivity contribution in [1.82, 2.24) is 21.3 Å². The van der Waals surface area contributed by atoms with E-state index in [4.69, 9.17) is 0 Å². The van der Waals surface area contributed by atoms with Crippen LogP contribution in [0, 0.1) is 5.92 Å². The summed E-state index contributed by atoms with van der Waals surface area (Å²) in [6.07, 6.45) is 1.25. The molecule has 0 saturated carbocycles. The second-order valence-corrected chi connectivity index (χ2v) is 9.09. The highest BCUT2D eigenvalue weighted by Gasteiger charge is 2.24. The molecule has 0 aliphatic rings. The summed E-state index contributed by atoms with van der Waals surface area (Å²) in [5.41, 5.74) is 1.26. The predicted octanol–water partition coefficient (Wildman–Crippen LogP) is 0.0543. The van der Waals surface area contributed by atoms with Crippen molar-refractivity contribution < 1.29 is 33.5 Å². The van der Waals surface area contributed by atoms with Gasteiger partial charge in [-0.15, -0.1) is 0 Å². The maximum absolute atomic E-state index is 12.6. The van der Waals surface area contributed by atoms with Crippen LogP contribution in [0.2, 0.25) is 0 Å². The summed E-state index contributed by atoms with van der Waals surface area (Å²) in [5, 5.41) is 12.7. The first-order valence-electron chi connectivity index (χ1n) is 11.4. The van der Waals surface area contributed by atoms with Crippen molar-refractivity contribution in [2.24, 2.45) is 5.92 Å². The number of rotatable bonds is 17. The van der Waals surface area contributed by atoms with E-state index in [0.29, 0.717) is 17.9 Å². The third kappa shape index (κ3) is 13.7. The van der Waals surface area contributed by atoms with Gasteiger partial charge in [0.25, 0.3) is 6.47 Å². The lowest BCUT2D eigenvalue weighted by molar-refractivity contribution is -0.130. The van der Waals surface area contributed by atoms with Crippen LogP contribution in [0.15, 0.2) is 36.9 Å². The third-order valence-electron chi connectivity index (χ3n) is 4.68. The van der Waals surface area contributed by atoms with Gasteiger partial charge in [-0.1, -0.05) is 32.6 Å². The van der Waals surface area contributed by atoms with Crippen LogP contribution >= 0.6 is 11.8 Å². The second-order valence-electron chi connectivity index (χ2n) is 7.98. The Morgan fingerprint density at radius 3 is 2.32 bits per heavy atom. The molecule has 0 aliphatic carbocycles. The van der Waals surface area contributed by atoms with Gasteiger partial charge in [0, 0.05) is 17.9 Å². The molecule has 37 heavy (non-hydrogen) atoms. The average Bonchev–Trinajstić information content (AvgIpc) is 2.87. The third-order valence-corrected chi connectivity index (χ3v) is 5.64. The number of amides is 5. The van der Waals surface area contributed by atoms with Crippen molar-refractivity contribution in [1.29, 1.82) is 0 Å². The Balaban J connectivity index is 2.36. The first kappa shape index (κ1) is 31.2. The second kappa shape index (κ2) is 17.5. The zero-order valence-electron chi connectivity index (χ0n) is 20.8. The minimum absolute atomic E-state index is 0.0117. The molecular formula is C24H33N5O7S. The molecule has 0 saturated heterocycles. The Kier molecular flexibility index (Phi) is 14.8. The number of thioether (sulfide) groups is 1. The molecule has 1 aromatic rings. The van der Waals surface area contributed by atoms with Crippen LogP contribution in [-0.4, -0.2) is 66.8 Å². The largest absolute Gasteiger partial charge is 0.463 e. The minimum atomic E-state index is -0.838. The molecule has 0 bridgehead atoms. The summed E-state index contributed by atoms with van der Waals surface area (Å²) in [5.74, 6) is -1.80. The van der Waals surface area contributed by atoms with Gasteiger partial charge in [0.05, 0.1) is 19.0 Å². The van der Waals surface area contributed by atoms with Gasteiger partial charge in [-0.25, -0.2) is 0 Å². The van der Waals surface area contributed by atoms with E-state index in [9.17, 15) is 28.8 Å². The molecule has 0 aliphatic heterocycles. The van der Waals surface area contributed by atoms with Gasteiger partial charge >= 0.3 is 0 Å². The van der Waals surface area contributed by atoms with E-state index in [1.165, 1.54) is 11.8 Å². The molecule has 12 nitrogen and oxygen atoms in total. The molecule has 1 rings (SSSR count). The molecule has 1 unspecified atom stereocenters. The van der Waals surface area contributed by atoms with Crippen molar-refractivity contribution >= 4 is 53.5 Å². The topological polar surface area (TPSA) is 172 Å². The first-order valence-corrected chi connectivity index (χ1v) is 12.6. The number of carbonyl (C=O) groups excluding carboxylic acids is 6. The Hall–Kier alpha value is -3.87. The van der Waals surface area contributed by atoms with E-state index < -0.39 is 23.8 Å². The summed E-state index contributed by atoms with van der Waals surface area (Å²) in [6.45, 7) is 7.01. The lowest BCUT2D eigenvalue weighted by atomic mass is 10.0. The quantitative estimate of drug-likeness (QED) is 0.0806. The highest BCUT2D eigenvalue weighted by molar-refractivity contribution is 7.99. The molecule has 5 N–H and O–H groups in total. The summed E-state index contributed by atoms with van der Waals surface area (Å²) in [7, 11) is 0. The molecule has 5 amide bonds. The summed E-state index contributed by atoms with van der Waals surface area (Å²) < 4.78 is 4.66. The van der Waals surface area contributed by atoms with Gasteiger partial charge in [-0.2, -0.15) is 11.8 Å². The molecule has 0 fully saturated rings. The maximum atomic E-state index is 12.6. The summed E-state index contributed by atoms with van der Waals surface area (Å²) in [6, 6.07) is 5.83. The standard InChI is InChI=1S/C24H33N5O7S/c1-4-19(31)26-14-27-20(32)9-10-37-13-22(34)29-23(16(2)3)24(35)25-11-21(33)28-18-7-5-17(6-8-18)12-36-15-30/h4-8,15-16,23H,1,9-14H2,2-3H3,(H,25,35)(H,26,31)(H,27,32)(H,28,33)(H,29,34). The van der Waals surface area contributed by atoms with Gasteiger partial charge in [0.2, 0.25) is 29.5 Å². The SMILES string of the molecule is C=CC(=O)NCNC(=O)CCSCC(=O)NC(C(=O)NCC(=O)Nc1ccc(COC=O)cc1)C(C)C. The summed E-state index contributed by atoms with van der Waals surface area (Å²) in [4.78, 5) is 70.0. The zero-order chi connectivity index (χ0) is 27.6. The van der Waals surface area contributed by atoms with E-state index in [2.05, 4.69) is 37.9 Å². The number of carbonyl (C=O) groups is 6. The molecule has 1 atom stereocenters. The van der Waals surface area contributed by atoms with Crippen molar-refractivity contribution in [3.63, 3.8) is 0 Å². The molecule has 0 aromatic heterocycles. The van der Waals surface area contributed by atoms with Gasteiger partial charge in [-0.05, 0) is 29.7 Å². The lowest BCUT2D eigenvalue weighted by Crippen LogP contribution is -2.51. The van der Waals surface area contributed by atoms with Crippen molar-refractivity contribution in [2.45, 2.75) is 32.9 Å². The first-order chi connectivity index (χ1) is 17.7. The van der Waals surface area contributed by atoms with E-state index in [1.807, 2.05) is 0 Å². The highest BCUT2D eigenvalue weighted by atomic mass is 32.2. The van der Waals surface area contributed by atoms with Gasteiger partial charge in [0.1, 0.15) is 12.6 Å². The van der Waals surface area contributed by atoms with Crippen LogP contribution in [0.25, 0.3) is 0 Å². The Morgan fingerprint density at radius 2 is 1.70 bits per heavy atom. The van der Waals surface area contributed by atoms with Crippen molar-refractivity contribution in [3.05, 3.63) is 42.5 Å². The fourth-order valence-corrected chi connectivity index (χ4v) is 3.51. The minimum Gasteiger partial charge on any atom is -0.463 e. The number of nitrogens with one attached hydrogen (secondary N) is 5. The fraction of sp³-hybridized carbons (Fsp3) is 0.417. The molecule has 202 valence electrons. The van der Waals surface area contributed by atoms with Gasteiger partial charge in [0.15, 0.2) is 0 Å².